The number of aliphatic hydroxyl groups is 1. The highest BCUT2D eigenvalue weighted by Crippen LogP contribution is 2.31. The molecule has 19 heavy (non-hydrogen) atoms. The summed E-state index contributed by atoms with van der Waals surface area (Å²) in [6.07, 6.45) is 4.02. The summed E-state index contributed by atoms with van der Waals surface area (Å²) in [7, 11) is 0. The lowest BCUT2D eigenvalue weighted by atomic mass is 10.3. The molecule has 0 saturated heterocycles. The van der Waals surface area contributed by atoms with Gasteiger partial charge in [0.05, 0.1) is 6.61 Å². The minimum Gasteiger partial charge on any atom is -0.477 e. The van der Waals surface area contributed by atoms with Gasteiger partial charge in [-0.3, -0.25) is 0 Å². The molecule has 0 spiro atoms. The van der Waals surface area contributed by atoms with Crippen molar-refractivity contribution >= 4 is 0 Å². The van der Waals surface area contributed by atoms with Gasteiger partial charge in [-0.25, -0.2) is 4.98 Å². The van der Waals surface area contributed by atoms with Crippen LogP contribution >= 0.6 is 0 Å². The second kappa shape index (κ2) is 4.93. The average Bonchev–Trinajstić information content (AvgIpc) is 3.13. The standard InChI is InChI=1S/C12H14N4O3/c1-7-13-4-9(11-15-10(5-17)19-16-11)12(14-7)18-6-8-2-3-8/h4,8,17H,2-3,5-6H2,1H3. The quantitative estimate of drug-likeness (QED) is 0.862. The third kappa shape index (κ3) is 2.70. The van der Waals surface area contributed by atoms with Crippen LogP contribution in [0.2, 0.25) is 0 Å². The Labute approximate surface area is 109 Å². The van der Waals surface area contributed by atoms with Crippen LogP contribution in [0.1, 0.15) is 24.6 Å². The smallest absolute Gasteiger partial charge is 0.252 e. The topological polar surface area (TPSA) is 94.2 Å². The molecule has 7 nitrogen and oxygen atoms in total. The van der Waals surface area contributed by atoms with Gasteiger partial charge in [0.1, 0.15) is 18.0 Å². The predicted octanol–water partition coefficient (Wildman–Crippen LogP) is 1.12. The fraction of sp³-hybridized carbons (Fsp3) is 0.500. The molecule has 2 aromatic heterocycles. The first kappa shape index (κ1) is 12.0. The summed E-state index contributed by atoms with van der Waals surface area (Å²) >= 11 is 0. The molecule has 3 rings (SSSR count). The van der Waals surface area contributed by atoms with Gasteiger partial charge in [0.15, 0.2) is 0 Å². The molecule has 0 bridgehead atoms. The minimum absolute atomic E-state index is 0.156. The highest BCUT2D eigenvalue weighted by Gasteiger charge is 2.24. The average molecular weight is 262 g/mol. The normalized spacial score (nSPS) is 14.6. The largest absolute Gasteiger partial charge is 0.477 e. The number of aliphatic hydroxyl groups excluding tert-OH is 1. The summed E-state index contributed by atoms with van der Waals surface area (Å²) in [6, 6.07) is 0. The molecule has 0 radical (unpaired) electrons. The maximum atomic E-state index is 8.94. The minimum atomic E-state index is -0.294. The molecule has 0 unspecified atom stereocenters. The van der Waals surface area contributed by atoms with Crippen molar-refractivity contribution in [2.75, 3.05) is 6.61 Å². The molecule has 1 fully saturated rings. The SMILES string of the molecule is Cc1ncc(-c2noc(CO)n2)c(OCC2CC2)n1. The molecule has 1 aliphatic rings. The Morgan fingerprint density at radius 2 is 2.26 bits per heavy atom. The van der Waals surface area contributed by atoms with Crippen molar-refractivity contribution in [3.8, 4) is 17.3 Å². The maximum absolute atomic E-state index is 8.94. The zero-order valence-corrected chi connectivity index (χ0v) is 10.5. The monoisotopic (exact) mass is 262 g/mol. The van der Waals surface area contributed by atoms with Gasteiger partial charge in [-0.15, -0.1) is 0 Å². The third-order valence-corrected chi connectivity index (χ3v) is 2.87. The maximum Gasteiger partial charge on any atom is 0.252 e. The molecule has 2 heterocycles. The second-order valence-corrected chi connectivity index (χ2v) is 4.56. The lowest BCUT2D eigenvalue weighted by Crippen LogP contribution is -2.04. The Morgan fingerprint density at radius 3 is 2.95 bits per heavy atom. The third-order valence-electron chi connectivity index (χ3n) is 2.87. The van der Waals surface area contributed by atoms with Crippen LogP contribution < -0.4 is 4.74 Å². The highest BCUT2D eigenvalue weighted by atomic mass is 16.5. The fourth-order valence-electron chi connectivity index (χ4n) is 1.62. The van der Waals surface area contributed by atoms with E-state index in [9.17, 15) is 0 Å². The number of aromatic nitrogens is 4. The van der Waals surface area contributed by atoms with E-state index in [1.807, 2.05) is 0 Å². The van der Waals surface area contributed by atoms with Gasteiger partial charge in [0.25, 0.3) is 5.89 Å². The number of aryl methyl sites for hydroxylation is 1. The fourth-order valence-corrected chi connectivity index (χ4v) is 1.62. The van der Waals surface area contributed by atoms with Gasteiger partial charge >= 0.3 is 0 Å². The highest BCUT2D eigenvalue weighted by molar-refractivity contribution is 5.59. The predicted molar refractivity (Wildman–Crippen MR) is 64.2 cm³/mol. The van der Waals surface area contributed by atoms with Crippen LogP contribution in [-0.2, 0) is 6.61 Å². The summed E-state index contributed by atoms with van der Waals surface area (Å²) in [4.78, 5) is 12.4. The molecule has 100 valence electrons. The van der Waals surface area contributed by atoms with E-state index in [-0.39, 0.29) is 12.5 Å². The summed E-state index contributed by atoms with van der Waals surface area (Å²) in [6.45, 7) is 2.15. The Kier molecular flexibility index (Phi) is 3.12. The number of ether oxygens (including phenoxy) is 1. The molecule has 2 aromatic rings. The number of hydrogen-bond acceptors (Lipinski definition) is 7. The van der Waals surface area contributed by atoms with Crippen LogP contribution in [0.5, 0.6) is 5.88 Å². The van der Waals surface area contributed by atoms with E-state index in [0.717, 1.165) is 0 Å². The van der Waals surface area contributed by atoms with Crippen molar-refractivity contribution in [2.45, 2.75) is 26.4 Å². The Morgan fingerprint density at radius 1 is 1.42 bits per heavy atom. The zero-order valence-electron chi connectivity index (χ0n) is 10.5. The molecule has 7 heteroatoms. The first-order chi connectivity index (χ1) is 9.26. The Bertz CT molecular complexity index is 580. The van der Waals surface area contributed by atoms with E-state index in [0.29, 0.717) is 35.6 Å². The molecule has 1 aliphatic carbocycles. The van der Waals surface area contributed by atoms with E-state index < -0.39 is 0 Å². The van der Waals surface area contributed by atoms with Crippen molar-refractivity contribution in [3.05, 3.63) is 17.9 Å². The van der Waals surface area contributed by atoms with Gasteiger partial charge in [-0.1, -0.05) is 5.16 Å². The molecule has 0 atom stereocenters. The summed E-state index contributed by atoms with van der Waals surface area (Å²) in [5.41, 5.74) is 0.578. The van der Waals surface area contributed by atoms with Gasteiger partial charge in [-0.2, -0.15) is 9.97 Å². The van der Waals surface area contributed by atoms with Crippen molar-refractivity contribution in [1.82, 2.24) is 20.1 Å². The number of nitrogens with zero attached hydrogens (tertiary/aromatic N) is 4. The van der Waals surface area contributed by atoms with Gasteiger partial charge in [0.2, 0.25) is 11.7 Å². The second-order valence-electron chi connectivity index (χ2n) is 4.56. The lowest BCUT2D eigenvalue weighted by Gasteiger charge is -2.07. The van der Waals surface area contributed by atoms with E-state index in [1.54, 1.807) is 13.1 Å². The summed E-state index contributed by atoms with van der Waals surface area (Å²) in [5, 5.41) is 12.7. The van der Waals surface area contributed by atoms with Crippen LogP contribution in [0.25, 0.3) is 11.4 Å². The van der Waals surface area contributed by atoms with Crippen molar-refractivity contribution < 1.29 is 14.4 Å². The number of rotatable bonds is 5. The van der Waals surface area contributed by atoms with Crippen LogP contribution in [0.4, 0.5) is 0 Å². The lowest BCUT2D eigenvalue weighted by molar-refractivity contribution is 0.222. The van der Waals surface area contributed by atoms with Crippen LogP contribution in [-0.4, -0.2) is 31.8 Å². The van der Waals surface area contributed by atoms with Crippen LogP contribution in [0, 0.1) is 12.8 Å². The first-order valence-corrected chi connectivity index (χ1v) is 6.16. The van der Waals surface area contributed by atoms with E-state index in [1.165, 1.54) is 12.8 Å². The van der Waals surface area contributed by atoms with E-state index >= 15 is 0 Å². The summed E-state index contributed by atoms with van der Waals surface area (Å²) < 4.78 is 10.6. The van der Waals surface area contributed by atoms with Crippen LogP contribution in [0.3, 0.4) is 0 Å². The molecular weight excluding hydrogens is 248 g/mol. The molecule has 1 saturated carbocycles. The molecule has 1 N–H and O–H groups in total. The number of hydrogen-bond donors (Lipinski definition) is 1. The Balaban J connectivity index is 1.89. The van der Waals surface area contributed by atoms with Crippen molar-refractivity contribution in [2.24, 2.45) is 5.92 Å². The van der Waals surface area contributed by atoms with Gasteiger partial charge in [-0.05, 0) is 25.7 Å². The van der Waals surface area contributed by atoms with E-state index in [2.05, 4.69) is 20.1 Å². The molecule has 0 aliphatic heterocycles. The molecule has 0 amide bonds. The van der Waals surface area contributed by atoms with Crippen LogP contribution in [0.15, 0.2) is 10.7 Å². The first-order valence-electron chi connectivity index (χ1n) is 6.16. The molecular formula is C12H14N4O3. The van der Waals surface area contributed by atoms with Crippen molar-refractivity contribution in [1.29, 1.82) is 0 Å². The Hall–Kier alpha value is -2.02. The zero-order chi connectivity index (χ0) is 13.2. The van der Waals surface area contributed by atoms with Crippen molar-refractivity contribution in [3.63, 3.8) is 0 Å². The summed E-state index contributed by atoms with van der Waals surface area (Å²) in [5.74, 6) is 2.20. The molecule has 0 aromatic carbocycles. The van der Waals surface area contributed by atoms with E-state index in [4.69, 9.17) is 14.4 Å². The van der Waals surface area contributed by atoms with Gasteiger partial charge < -0.3 is 14.4 Å². The van der Waals surface area contributed by atoms with Gasteiger partial charge in [0, 0.05) is 6.20 Å².